The van der Waals surface area contributed by atoms with Crippen molar-refractivity contribution in [1.29, 1.82) is 0 Å². The first-order valence-electron chi connectivity index (χ1n) is 5.92. The van der Waals surface area contributed by atoms with Crippen molar-refractivity contribution in [3.05, 3.63) is 22.4 Å². The number of amides is 1. The summed E-state index contributed by atoms with van der Waals surface area (Å²) in [7, 11) is 1.87. The highest BCUT2D eigenvalue weighted by Crippen LogP contribution is 2.23. The lowest BCUT2D eigenvalue weighted by molar-refractivity contribution is -0.130. The van der Waals surface area contributed by atoms with Gasteiger partial charge in [-0.25, -0.2) is 0 Å². The summed E-state index contributed by atoms with van der Waals surface area (Å²) in [5.41, 5.74) is 7.10. The van der Waals surface area contributed by atoms with E-state index in [2.05, 4.69) is 21.7 Å². The standard InChI is InChI=1S/C12H19N3OS/c1-14-4-2-5-15(8-12(14)16)11(7-13)10-3-6-17-9-10/h3,6,9,11H,2,4-5,7-8,13H2,1H3. The number of hydrogen-bond acceptors (Lipinski definition) is 4. The molecule has 1 atom stereocenters. The van der Waals surface area contributed by atoms with Crippen molar-refractivity contribution in [2.45, 2.75) is 12.5 Å². The van der Waals surface area contributed by atoms with Crippen molar-refractivity contribution >= 4 is 17.2 Å². The van der Waals surface area contributed by atoms with E-state index < -0.39 is 0 Å². The van der Waals surface area contributed by atoms with Crippen molar-refractivity contribution in [1.82, 2.24) is 9.80 Å². The van der Waals surface area contributed by atoms with Gasteiger partial charge in [-0.15, -0.1) is 0 Å². The maximum absolute atomic E-state index is 11.9. The molecule has 1 aromatic rings. The zero-order chi connectivity index (χ0) is 12.3. The van der Waals surface area contributed by atoms with Crippen LogP contribution in [0.1, 0.15) is 18.0 Å². The van der Waals surface area contributed by atoms with E-state index in [0.717, 1.165) is 19.5 Å². The largest absolute Gasteiger partial charge is 0.345 e. The molecule has 2 N–H and O–H groups in total. The van der Waals surface area contributed by atoms with Gasteiger partial charge in [-0.2, -0.15) is 11.3 Å². The SMILES string of the molecule is CN1CCCN(C(CN)c2ccsc2)CC1=O. The number of nitrogens with two attached hydrogens (primary N) is 1. The first-order chi connectivity index (χ1) is 8.22. The molecule has 1 amide bonds. The summed E-state index contributed by atoms with van der Waals surface area (Å²) in [6, 6.07) is 2.28. The Balaban J connectivity index is 2.11. The molecule has 0 aliphatic carbocycles. The molecule has 2 rings (SSSR count). The van der Waals surface area contributed by atoms with E-state index in [1.165, 1.54) is 5.56 Å². The second-order valence-electron chi connectivity index (χ2n) is 4.45. The maximum Gasteiger partial charge on any atom is 0.236 e. The lowest BCUT2D eigenvalue weighted by atomic mass is 10.1. The van der Waals surface area contributed by atoms with Crippen molar-refractivity contribution < 1.29 is 4.79 Å². The molecule has 4 nitrogen and oxygen atoms in total. The van der Waals surface area contributed by atoms with Gasteiger partial charge in [-0.05, 0) is 28.8 Å². The molecule has 1 aliphatic rings. The van der Waals surface area contributed by atoms with Crippen LogP contribution in [0.3, 0.4) is 0 Å². The van der Waals surface area contributed by atoms with E-state index in [0.29, 0.717) is 13.1 Å². The monoisotopic (exact) mass is 253 g/mol. The lowest BCUT2D eigenvalue weighted by Crippen LogP contribution is -2.39. The van der Waals surface area contributed by atoms with Crippen LogP contribution >= 0.6 is 11.3 Å². The molecule has 0 aromatic carbocycles. The fourth-order valence-corrected chi connectivity index (χ4v) is 2.94. The van der Waals surface area contributed by atoms with Crippen LogP contribution in [0.5, 0.6) is 0 Å². The van der Waals surface area contributed by atoms with Gasteiger partial charge in [0.25, 0.3) is 0 Å². The van der Waals surface area contributed by atoms with Gasteiger partial charge in [-0.3, -0.25) is 9.69 Å². The first kappa shape index (κ1) is 12.5. The molecule has 5 heteroatoms. The van der Waals surface area contributed by atoms with Gasteiger partial charge in [0.15, 0.2) is 0 Å². The maximum atomic E-state index is 11.9. The van der Waals surface area contributed by atoms with Crippen LogP contribution in [0.15, 0.2) is 16.8 Å². The molecule has 1 fully saturated rings. The fourth-order valence-electron chi connectivity index (χ4n) is 2.24. The molecular formula is C12H19N3OS. The highest BCUT2D eigenvalue weighted by Gasteiger charge is 2.25. The Morgan fingerprint density at radius 3 is 3.00 bits per heavy atom. The second-order valence-corrected chi connectivity index (χ2v) is 5.23. The van der Waals surface area contributed by atoms with Crippen LogP contribution in [0.25, 0.3) is 0 Å². The minimum Gasteiger partial charge on any atom is -0.345 e. The first-order valence-corrected chi connectivity index (χ1v) is 6.87. The van der Waals surface area contributed by atoms with Gasteiger partial charge in [-0.1, -0.05) is 0 Å². The predicted molar refractivity (Wildman–Crippen MR) is 69.9 cm³/mol. The van der Waals surface area contributed by atoms with E-state index >= 15 is 0 Å². The number of thiophene rings is 1. The minimum absolute atomic E-state index is 0.178. The van der Waals surface area contributed by atoms with Gasteiger partial charge in [0, 0.05) is 32.7 Å². The van der Waals surface area contributed by atoms with E-state index in [1.807, 2.05) is 7.05 Å². The number of rotatable bonds is 3. The third kappa shape index (κ3) is 2.86. The van der Waals surface area contributed by atoms with Crippen LogP contribution in [-0.2, 0) is 4.79 Å². The van der Waals surface area contributed by atoms with E-state index in [1.54, 1.807) is 16.2 Å². The van der Waals surface area contributed by atoms with Crippen molar-refractivity contribution in [3.8, 4) is 0 Å². The molecule has 0 spiro atoms. The number of carbonyl (C=O) groups is 1. The molecular weight excluding hydrogens is 234 g/mol. The number of hydrogen-bond donors (Lipinski definition) is 1. The van der Waals surface area contributed by atoms with E-state index in [-0.39, 0.29) is 11.9 Å². The molecule has 1 saturated heterocycles. The molecule has 2 heterocycles. The summed E-state index contributed by atoms with van der Waals surface area (Å²) in [6.07, 6.45) is 1.02. The van der Waals surface area contributed by atoms with E-state index in [4.69, 9.17) is 5.73 Å². The summed E-state index contributed by atoms with van der Waals surface area (Å²) < 4.78 is 0. The Morgan fingerprint density at radius 2 is 2.35 bits per heavy atom. The highest BCUT2D eigenvalue weighted by atomic mass is 32.1. The smallest absolute Gasteiger partial charge is 0.236 e. The number of nitrogens with zero attached hydrogens (tertiary/aromatic N) is 2. The van der Waals surface area contributed by atoms with Crippen LogP contribution in [0.2, 0.25) is 0 Å². The molecule has 94 valence electrons. The van der Waals surface area contributed by atoms with Crippen molar-refractivity contribution in [3.63, 3.8) is 0 Å². The predicted octanol–water partition coefficient (Wildman–Crippen LogP) is 0.912. The third-order valence-electron chi connectivity index (χ3n) is 3.29. The molecule has 1 aromatic heterocycles. The van der Waals surface area contributed by atoms with Gasteiger partial charge in [0.1, 0.15) is 0 Å². The normalized spacial score (nSPS) is 20.4. The zero-order valence-corrected chi connectivity index (χ0v) is 10.9. The van der Waals surface area contributed by atoms with Crippen molar-refractivity contribution in [2.75, 3.05) is 33.2 Å². The average molecular weight is 253 g/mol. The second kappa shape index (κ2) is 5.62. The number of likely N-dealkylation sites (N-methyl/N-ethyl adjacent to an activating group) is 1. The summed E-state index contributed by atoms with van der Waals surface area (Å²) in [5.74, 6) is 0.191. The Kier molecular flexibility index (Phi) is 4.15. The van der Waals surface area contributed by atoms with Gasteiger partial charge < -0.3 is 10.6 Å². The van der Waals surface area contributed by atoms with Crippen LogP contribution in [0.4, 0.5) is 0 Å². The van der Waals surface area contributed by atoms with Crippen molar-refractivity contribution in [2.24, 2.45) is 5.73 Å². The Morgan fingerprint density at radius 1 is 1.53 bits per heavy atom. The van der Waals surface area contributed by atoms with Gasteiger partial charge >= 0.3 is 0 Å². The lowest BCUT2D eigenvalue weighted by Gasteiger charge is -2.28. The molecule has 0 saturated carbocycles. The Hall–Kier alpha value is -0.910. The van der Waals surface area contributed by atoms with Gasteiger partial charge in [0.05, 0.1) is 6.54 Å². The minimum atomic E-state index is 0.178. The average Bonchev–Trinajstić information content (AvgIpc) is 2.77. The number of carbonyl (C=O) groups excluding carboxylic acids is 1. The Bertz CT molecular complexity index is 366. The molecule has 0 bridgehead atoms. The molecule has 0 radical (unpaired) electrons. The summed E-state index contributed by atoms with van der Waals surface area (Å²) in [4.78, 5) is 15.9. The topological polar surface area (TPSA) is 49.6 Å². The molecule has 1 aliphatic heterocycles. The van der Waals surface area contributed by atoms with Crippen LogP contribution < -0.4 is 5.73 Å². The molecule has 1 unspecified atom stereocenters. The summed E-state index contributed by atoms with van der Waals surface area (Å²) >= 11 is 1.68. The van der Waals surface area contributed by atoms with E-state index in [9.17, 15) is 4.79 Å². The Labute approximate surface area is 106 Å². The summed E-state index contributed by atoms with van der Waals surface area (Å²) in [6.45, 7) is 2.83. The van der Waals surface area contributed by atoms with Crippen LogP contribution in [-0.4, -0.2) is 48.9 Å². The zero-order valence-electron chi connectivity index (χ0n) is 10.1. The van der Waals surface area contributed by atoms with Gasteiger partial charge in [0.2, 0.25) is 5.91 Å². The fraction of sp³-hybridized carbons (Fsp3) is 0.583. The highest BCUT2D eigenvalue weighted by molar-refractivity contribution is 7.07. The third-order valence-corrected chi connectivity index (χ3v) is 4.00. The quantitative estimate of drug-likeness (QED) is 0.871. The summed E-state index contributed by atoms with van der Waals surface area (Å²) in [5, 5.41) is 4.18. The van der Waals surface area contributed by atoms with Crippen LogP contribution in [0, 0.1) is 0 Å². The molecule has 17 heavy (non-hydrogen) atoms.